The number of hydrogen-bond donors (Lipinski definition) is 1. The Balaban J connectivity index is 1.96. The highest BCUT2D eigenvalue weighted by Gasteiger charge is 2.22. The summed E-state index contributed by atoms with van der Waals surface area (Å²) < 4.78 is 0. The summed E-state index contributed by atoms with van der Waals surface area (Å²) in [6.07, 6.45) is 8.07. The van der Waals surface area contributed by atoms with E-state index in [9.17, 15) is 10.1 Å². The van der Waals surface area contributed by atoms with Crippen molar-refractivity contribution in [3.8, 4) is 0 Å². The standard InChI is InChI=1S/C13H13N2O2/c1-10(11-4-2-3-5-11)14-12-6-8-13(9-7-12)15(16)17/h2-10,14H,1H3. The summed E-state index contributed by atoms with van der Waals surface area (Å²) in [6, 6.07) is 6.63. The Bertz CT molecular complexity index is 383. The number of nitro benzene ring substituents is 1. The van der Waals surface area contributed by atoms with Crippen molar-refractivity contribution in [2.24, 2.45) is 0 Å². The molecule has 1 unspecified atom stereocenters. The third-order valence-electron chi connectivity index (χ3n) is 2.65. The van der Waals surface area contributed by atoms with E-state index >= 15 is 0 Å². The third-order valence-corrected chi connectivity index (χ3v) is 2.65. The summed E-state index contributed by atoms with van der Waals surface area (Å²) in [5.41, 5.74) is 0.987. The predicted octanol–water partition coefficient (Wildman–Crippen LogP) is 2.80. The lowest BCUT2D eigenvalue weighted by Gasteiger charge is -2.20. The molecule has 1 aromatic carbocycles. The number of nitrogens with one attached hydrogen (secondary N) is 1. The fraction of sp³-hybridized carbons (Fsp3) is 0.154. The first-order chi connectivity index (χ1) is 8.16. The number of rotatable bonds is 4. The summed E-state index contributed by atoms with van der Waals surface area (Å²) in [4.78, 5) is 10.1. The first kappa shape index (κ1) is 11.9. The molecular formula is C13H13N2O2. The quantitative estimate of drug-likeness (QED) is 0.638. The minimum atomic E-state index is -0.398. The second kappa shape index (κ2) is 5.17. The molecule has 87 valence electrons. The average Bonchev–Trinajstić information content (AvgIpc) is 2.83. The molecule has 1 fully saturated rings. The molecule has 0 aromatic heterocycles. The molecule has 1 aliphatic rings. The highest BCUT2D eigenvalue weighted by molar-refractivity contribution is 5.52. The molecule has 1 atom stereocenters. The zero-order chi connectivity index (χ0) is 12.3. The van der Waals surface area contributed by atoms with Crippen LogP contribution in [0, 0.1) is 41.7 Å². The second-order valence-electron chi connectivity index (χ2n) is 3.89. The Morgan fingerprint density at radius 2 is 1.76 bits per heavy atom. The number of benzene rings is 1. The third kappa shape index (κ3) is 2.96. The van der Waals surface area contributed by atoms with Gasteiger partial charge in [0.05, 0.1) is 4.92 Å². The topological polar surface area (TPSA) is 55.2 Å². The van der Waals surface area contributed by atoms with Gasteiger partial charge in [0.15, 0.2) is 0 Å². The highest BCUT2D eigenvalue weighted by atomic mass is 16.6. The Kier molecular flexibility index (Phi) is 3.61. The maximum Gasteiger partial charge on any atom is 0.269 e. The van der Waals surface area contributed by atoms with Crippen LogP contribution in [-0.2, 0) is 0 Å². The minimum absolute atomic E-state index is 0.108. The first-order valence-electron chi connectivity index (χ1n) is 5.39. The van der Waals surface area contributed by atoms with Crippen LogP contribution in [-0.4, -0.2) is 11.0 Å². The zero-order valence-electron chi connectivity index (χ0n) is 9.46. The molecule has 5 radical (unpaired) electrons. The van der Waals surface area contributed by atoms with Crippen LogP contribution < -0.4 is 5.32 Å². The number of hydrogen-bond acceptors (Lipinski definition) is 3. The van der Waals surface area contributed by atoms with Crippen molar-refractivity contribution in [1.82, 2.24) is 0 Å². The van der Waals surface area contributed by atoms with Gasteiger partial charge in [-0.15, -0.1) is 0 Å². The highest BCUT2D eigenvalue weighted by Crippen LogP contribution is 2.28. The molecule has 0 aliphatic heterocycles. The van der Waals surface area contributed by atoms with E-state index in [1.54, 1.807) is 12.1 Å². The number of anilines is 1. The molecule has 0 amide bonds. The molecule has 0 saturated heterocycles. The van der Waals surface area contributed by atoms with Crippen LogP contribution in [0.2, 0.25) is 0 Å². The van der Waals surface area contributed by atoms with Crippen LogP contribution in [0.5, 0.6) is 0 Å². The van der Waals surface area contributed by atoms with Crippen LogP contribution in [0.4, 0.5) is 11.4 Å². The number of non-ortho nitro benzene ring substituents is 1. The lowest BCUT2D eigenvalue weighted by Crippen LogP contribution is -2.22. The largest absolute Gasteiger partial charge is 0.382 e. The van der Waals surface area contributed by atoms with Crippen molar-refractivity contribution >= 4 is 11.4 Å². The molecule has 0 heterocycles. The van der Waals surface area contributed by atoms with Crippen LogP contribution in [0.1, 0.15) is 6.92 Å². The van der Waals surface area contributed by atoms with Gasteiger partial charge in [-0.3, -0.25) is 10.1 Å². The molecule has 2 rings (SSSR count). The Morgan fingerprint density at radius 3 is 2.29 bits per heavy atom. The maximum atomic E-state index is 10.5. The lowest BCUT2D eigenvalue weighted by atomic mass is 9.99. The van der Waals surface area contributed by atoms with Crippen molar-refractivity contribution in [2.45, 2.75) is 13.0 Å². The lowest BCUT2D eigenvalue weighted by molar-refractivity contribution is -0.384. The van der Waals surface area contributed by atoms with Crippen molar-refractivity contribution in [1.29, 1.82) is 0 Å². The van der Waals surface area contributed by atoms with Gasteiger partial charge >= 0.3 is 0 Å². The van der Waals surface area contributed by atoms with Crippen molar-refractivity contribution < 1.29 is 4.92 Å². The van der Waals surface area contributed by atoms with Crippen LogP contribution in [0.15, 0.2) is 24.3 Å². The molecule has 0 bridgehead atoms. The Labute approximate surface area is 101 Å². The van der Waals surface area contributed by atoms with Crippen molar-refractivity contribution in [3.05, 3.63) is 66.0 Å². The zero-order valence-corrected chi connectivity index (χ0v) is 9.46. The molecule has 1 aromatic rings. The van der Waals surface area contributed by atoms with E-state index in [0.717, 1.165) is 5.69 Å². The van der Waals surface area contributed by atoms with Crippen molar-refractivity contribution in [2.75, 3.05) is 5.32 Å². The molecule has 1 saturated carbocycles. The van der Waals surface area contributed by atoms with Gasteiger partial charge in [-0.05, 0) is 44.7 Å². The average molecular weight is 229 g/mol. The molecule has 0 spiro atoms. The summed E-state index contributed by atoms with van der Waals surface area (Å²) in [5, 5.41) is 13.8. The van der Waals surface area contributed by atoms with Gasteiger partial charge in [0.1, 0.15) is 0 Å². The number of nitrogens with zero attached hydrogens (tertiary/aromatic N) is 1. The monoisotopic (exact) mass is 229 g/mol. The summed E-state index contributed by atoms with van der Waals surface area (Å²) in [5.74, 6) is 1.20. The normalized spacial score (nSPS) is 17.9. The van der Waals surface area contributed by atoms with E-state index in [1.807, 2.05) is 25.7 Å². The van der Waals surface area contributed by atoms with Gasteiger partial charge in [0.2, 0.25) is 0 Å². The summed E-state index contributed by atoms with van der Waals surface area (Å²) in [6.45, 7) is 2.05. The summed E-state index contributed by atoms with van der Waals surface area (Å²) in [7, 11) is 0. The number of nitro groups is 1. The van der Waals surface area contributed by atoms with E-state index in [1.165, 1.54) is 18.1 Å². The van der Waals surface area contributed by atoms with Gasteiger partial charge in [-0.1, -0.05) is 0 Å². The Morgan fingerprint density at radius 1 is 1.18 bits per heavy atom. The van der Waals surface area contributed by atoms with Crippen molar-refractivity contribution in [3.63, 3.8) is 0 Å². The fourth-order valence-electron chi connectivity index (χ4n) is 1.69. The van der Waals surface area contributed by atoms with Crippen LogP contribution in [0.25, 0.3) is 0 Å². The molecule has 4 heteroatoms. The smallest absolute Gasteiger partial charge is 0.269 e. The van der Waals surface area contributed by atoms with Gasteiger partial charge in [-0.2, -0.15) is 0 Å². The molecule has 4 nitrogen and oxygen atoms in total. The van der Waals surface area contributed by atoms with E-state index in [-0.39, 0.29) is 11.7 Å². The molecule has 1 aliphatic carbocycles. The van der Waals surface area contributed by atoms with Crippen LogP contribution in [0.3, 0.4) is 0 Å². The van der Waals surface area contributed by atoms with Gasteiger partial charge in [0, 0.05) is 29.8 Å². The molecule has 17 heavy (non-hydrogen) atoms. The fourth-order valence-corrected chi connectivity index (χ4v) is 1.69. The molecule has 1 N–H and O–H groups in total. The second-order valence-corrected chi connectivity index (χ2v) is 3.89. The summed E-state index contributed by atoms with van der Waals surface area (Å²) >= 11 is 0. The maximum absolute atomic E-state index is 10.5. The SMILES string of the molecule is CC(Nc1ccc([N+](=O)[O-])cc1)[C]1[CH][CH][CH][CH]1. The van der Waals surface area contributed by atoms with Gasteiger partial charge in [-0.25, -0.2) is 0 Å². The van der Waals surface area contributed by atoms with E-state index in [4.69, 9.17) is 0 Å². The van der Waals surface area contributed by atoms with E-state index in [2.05, 4.69) is 12.2 Å². The van der Waals surface area contributed by atoms with E-state index in [0.29, 0.717) is 0 Å². The van der Waals surface area contributed by atoms with E-state index < -0.39 is 4.92 Å². The molecular weight excluding hydrogens is 216 g/mol. The first-order valence-corrected chi connectivity index (χ1v) is 5.39. The van der Waals surface area contributed by atoms with Gasteiger partial charge in [0.25, 0.3) is 5.69 Å². The van der Waals surface area contributed by atoms with Gasteiger partial charge < -0.3 is 5.32 Å². The predicted molar refractivity (Wildman–Crippen MR) is 66.6 cm³/mol. The minimum Gasteiger partial charge on any atom is -0.382 e. The Hall–Kier alpha value is -1.58. The van der Waals surface area contributed by atoms with Crippen LogP contribution >= 0.6 is 0 Å².